The van der Waals surface area contributed by atoms with E-state index >= 15 is 0 Å². The number of benzene rings is 3. The molecular weight excluding hydrogens is 260 g/mol. The molecule has 0 aliphatic carbocycles. The van der Waals surface area contributed by atoms with E-state index in [-0.39, 0.29) is 0 Å². The molecule has 0 fully saturated rings. The van der Waals surface area contributed by atoms with Gasteiger partial charge >= 0.3 is 0 Å². The van der Waals surface area contributed by atoms with Crippen LogP contribution in [0.5, 0.6) is 5.75 Å². The normalized spacial score (nSPS) is 9.90. The lowest BCUT2D eigenvalue weighted by Gasteiger charge is -2.10. The predicted molar refractivity (Wildman–Crippen MR) is 86.9 cm³/mol. The Kier molecular flexibility index (Phi) is 4.03. The van der Waals surface area contributed by atoms with Gasteiger partial charge in [0.25, 0.3) is 0 Å². The molecule has 3 rings (SSSR count). The summed E-state index contributed by atoms with van der Waals surface area (Å²) in [6.45, 7) is 0. The number of hydrogen-bond acceptors (Lipinski definition) is 3. The molecule has 3 aromatic rings. The summed E-state index contributed by atoms with van der Waals surface area (Å²) in [7, 11) is 0. The van der Waals surface area contributed by atoms with E-state index in [1.54, 1.807) is 0 Å². The first-order chi connectivity index (χ1) is 10.4. The second-order valence-electron chi connectivity index (χ2n) is 4.59. The van der Waals surface area contributed by atoms with Gasteiger partial charge in [0.15, 0.2) is 5.75 Å². The summed E-state index contributed by atoms with van der Waals surface area (Å²) in [4.78, 5) is 5.52. The maximum atomic E-state index is 5.52. The van der Waals surface area contributed by atoms with Crippen LogP contribution in [0.25, 0.3) is 0 Å². The molecular formula is C18H16N2O. The van der Waals surface area contributed by atoms with Gasteiger partial charge in [0, 0.05) is 11.4 Å². The molecule has 0 saturated heterocycles. The lowest BCUT2D eigenvalue weighted by Crippen LogP contribution is -2.04. The van der Waals surface area contributed by atoms with Crippen LogP contribution in [-0.2, 0) is 0 Å². The van der Waals surface area contributed by atoms with Crippen LogP contribution in [0, 0.1) is 0 Å². The van der Waals surface area contributed by atoms with E-state index in [0.717, 1.165) is 22.8 Å². The molecule has 0 bridgehead atoms. The Morgan fingerprint density at radius 3 is 1.67 bits per heavy atom. The molecule has 3 heteroatoms. The maximum absolute atomic E-state index is 5.52. The van der Waals surface area contributed by atoms with Gasteiger partial charge < -0.3 is 10.2 Å². The van der Waals surface area contributed by atoms with Crippen molar-refractivity contribution >= 4 is 17.1 Å². The van der Waals surface area contributed by atoms with Crippen LogP contribution < -0.4 is 15.6 Å². The van der Waals surface area contributed by atoms with Crippen LogP contribution in [0.3, 0.4) is 0 Å². The van der Waals surface area contributed by atoms with Gasteiger partial charge in [-0.2, -0.15) is 0 Å². The fraction of sp³-hybridized carbons (Fsp3) is 0. The summed E-state index contributed by atoms with van der Waals surface area (Å²) in [5.74, 6) is 0.762. The molecule has 0 unspecified atom stereocenters. The second-order valence-corrected chi connectivity index (χ2v) is 4.59. The number of hydrogen-bond donors (Lipinski definition) is 2. The third-order valence-electron chi connectivity index (χ3n) is 2.98. The van der Waals surface area contributed by atoms with Crippen molar-refractivity contribution in [1.82, 2.24) is 0 Å². The van der Waals surface area contributed by atoms with Crippen molar-refractivity contribution < 1.29 is 4.84 Å². The van der Waals surface area contributed by atoms with Crippen LogP contribution in [0.1, 0.15) is 0 Å². The first kappa shape index (κ1) is 13.1. The molecule has 0 saturated carbocycles. The van der Waals surface area contributed by atoms with Crippen molar-refractivity contribution in [3.63, 3.8) is 0 Å². The lowest BCUT2D eigenvalue weighted by molar-refractivity contribution is 0.405. The third-order valence-corrected chi connectivity index (χ3v) is 2.98. The summed E-state index contributed by atoms with van der Waals surface area (Å²) < 4.78 is 0. The van der Waals surface area contributed by atoms with Crippen molar-refractivity contribution in [2.45, 2.75) is 0 Å². The van der Waals surface area contributed by atoms with Gasteiger partial charge in [-0.05, 0) is 48.5 Å². The Hall–Kier alpha value is -2.94. The van der Waals surface area contributed by atoms with Crippen molar-refractivity contribution in [3.05, 3.63) is 84.9 Å². The Morgan fingerprint density at radius 2 is 1.05 bits per heavy atom. The fourth-order valence-electron chi connectivity index (χ4n) is 1.92. The van der Waals surface area contributed by atoms with Gasteiger partial charge in [-0.3, -0.25) is 0 Å². The SMILES string of the molecule is c1ccc(NOc2ccc(Nc3ccccc3)cc2)cc1. The molecule has 0 aliphatic rings. The quantitative estimate of drug-likeness (QED) is 0.654. The molecule has 3 aromatic carbocycles. The van der Waals surface area contributed by atoms with Crippen molar-refractivity contribution in [2.75, 3.05) is 10.8 Å². The Balaban J connectivity index is 1.59. The minimum absolute atomic E-state index is 0.762. The van der Waals surface area contributed by atoms with E-state index in [0.29, 0.717) is 0 Å². The Morgan fingerprint density at radius 1 is 0.524 bits per heavy atom. The third kappa shape index (κ3) is 3.76. The van der Waals surface area contributed by atoms with Gasteiger partial charge in [0.05, 0.1) is 5.69 Å². The molecule has 0 amide bonds. The molecule has 0 spiro atoms. The predicted octanol–water partition coefficient (Wildman–Crippen LogP) is 4.84. The van der Waals surface area contributed by atoms with Gasteiger partial charge in [-0.25, -0.2) is 5.48 Å². The summed E-state index contributed by atoms with van der Waals surface area (Å²) in [5, 5.41) is 3.33. The zero-order chi connectivity index (χ0) is 14.3. The van der Waals surface area contributed by atoms with Gasteiger partial charge in [-0.15, -0.1) is 0 Å². The van der Waals surface area contributed by atoms with E-state index in [9.17, 15) is 0 Å². The van der Waals surface area contributed by atoms with Gasteiger partial charge in [0.2, 0.25) is 0 Å². The average Bonchev–Trinajstić information content (AvgIpc) is 2.56. The van der Waals surface area contributed by atoms with Gasteiger partial charge in [0.1, 0.15) is 0 Å². The average molecular weight is 276 g/mol. The molecule has 0 radical (unpaired) electrons. The van der Waals surface area contributed by atoms with E-state index in [4.69, 9.17) is 4.84 Å². The topological polar surface area (TPSA) is 33.3 Å². The summed E-state index contributed by atoms with van der Waals surface area (Å²) in [5.41, 5.74) is 5.92. The van der Waals surface area contributed by atoms with E-state index in [1.807, 2.05) is 84.9 Å². The zero-order valence-electron chi connectivity index (χ0n) is 11.5. The van der Waals surface area contributed by atoms with E-state index < -0.39 is 0 Å². The smallest absolute Gasteiger partial charge is 0.155 e. The summed E-state index contributed by atoms with van der Waals surface area (Å²) in [6, 6.07) is 27.6. The minimum Gasteiger partial charge on any atom is -0.382 e. The Bertz CT molecular complexity index is 667. The molecule has 0 aliphatic heterocycles. The highest BCUT2D eigenvalue weighted by atomic mass is 16.6. The lowest BCUT2D eigenvalue weighted by atomic mass is 10.2. The molecule has 0 aromatic heterocycles. The largest absolute Gasteiger partial charge is 0.382 e. The first-order valence-electron chi connectivity index (χ1n) is 6.80. The van der Waals surface area contributed by atoms with Crippen LogP contribution in [0.2, 0.25) is 0 Å². The molecule has 21 heavy (non-hydrogen) atoms. The number of nitrogens with one attached hydrogen (secondary N) is 2. The fourth-order valence-corrected chi connectivity index (χ4v) is 1.92. The van der Waals surface area contributed by atoms with E-state index in [2.05, 4.69) is 10.8 Å². The van der Waals surface area contributed by atoms with Crippen LogP contribution in [-0.4, -0.2) is 0 Å². The maximum Gasteiger partial charge on any atom is 0.155 e. The first-order valence-corrected chi connectivity index (χ1v) is 6.80. The van der Waals surface area contributed by atoms with Crippen LogP contribution >= 0.6 is 0 Å². The van der Waals surface area contributed by atoms with Crippen molar-refractivity contribution in [2.24, 2.45) is 0 Å². The van der Waals surface area contributed by atoms with E-state index in [1.165, 1.54) is 0 Å². The zero-order valence-corrected chi connectivity index (χ0v) is 11.5. The molecule has 2 N–H and O–H groups in total. The number of rotatable bonds is 5. The van der Waals surface area contributed by atoms with Gasteiger partial charge in [-0.1, -0.05) is 36.4 Å². The van der Waals surface area contributed by atoms with Crippen molar-refractivity contribution in [1.29, 1.82) is 0 Å². The Labute approximate surface area is 124 Å². The number of para-hydroxylation sites is 2. The van der Waals surface area contributed by atoms with Crippen LogP contribution in [0.15, 0.2) is 84.9 Å². The number of anilines is 3. The van der Waals surface area contributed by atoms with Crippen molar-refractivity contribution in [3.8, 4) is 5.75 Å². The molecule has 0 heterocycles. The minimum atomic E-state index is 0.762. The highest BCUT2D eigenvalue weighted by molar-refractivity contribution is 5.60. The summed E-state index contributed by atoms with van der Waals surface area (Å²) >= 11 is 0. The molecule has 104 valence electrons. The van der Waals surface area contributed by atoms with Crippen LogP contribution in [0.4, 0.5) is 17.1 Å². The standard InChI is InChI=1S/C18H16N2O/c1-3-7-15(8-4-1)19-16-11-13-18(14-12-16)21-20-17-9-5-2-6-10-17/h1-14,19-20H. The molecule has 0 atom stereocenters. The highest BCUT2D eigenvalue weighted by Crippen LogP contribution is 2.20. The molecule has 3 nitrogen and oxygen atoms in total. The highest BCUT2D eigenvalue weighted by Gasteiger charge is 1.97. The monoisotopic (exact) mass is 276 g/mol. The second kappa shape index (κ2) is 6.48. The summed E-state index contributed by atoms with van der Waals surface area (Å²) in [6.07, 6.45) is 0.